The number of guanidine groups is 1. The first-order valence-electron chi connectivity index (χ1n) is 8.07. The van der Waals surface area contributed by atoms with Gasteiger partial charge in [-0.3, -0.25) is 0 Å². The highest BCUT2D eigenvalue weighted by Crippen LogP contribution is 2.11. The van der Waals surface area contributed by atoms with E-state index in [1.807, 2.05) is 30.3 Å². The van der Waals surface area contributed by atoms with Gasteiger partial charge in [0, 0.05) is 5.69 Å². The van der Waals surface area contributed by atoms with E-state index in [1.54, 1.807) is 12.1 Å². The monoisotopic (exact) mass is 488 g/mol. The SMILES string of the molecule is CCc1cccc(NC(N)=NCc2ccc(CS(=O)(=O)NC)cc2)c1.I. The van der Waals surface area contributed by atoms with Crippen molar-refractivity contribution < 1.29 is 8.42 Å². The Labute approximate surface area is 172 Å². The van der Waals surface area contributed by atoms with Gasteiger partial charge in [-0.15, -0.1) is 24.0 Å². The predicted octanol–water partition coefficient (Wildman–Crippen LogP) is 2.84. The number of nitrogens with one attached hydrogen (secondary N) is 2. The Hall–Kier alpha value is -1.65. The van der Waals surface area contributed by atoms with Crippen molar-refractivity contribution in [2.24, 2.45) is 10.7 Å². The fraction of sp³-hybridized carbons (Fsp3) is 0.278. The summed E-state index contributed by atoms with van der Waals surface area (Å²) < 4.78 is 25.4. The first-order valence-corrected chi connectivity index (χ1v) is 9.72. The van der Waals surface area contributed by atoms with Crippen LogP contribution >= 0.6 is 24.0 Å². The third-order valence-corrected chi connectivity index (χ3v) is 5.07. The first kappa shape index (κ1) is 22.4. The molecule has 8 heteroatoms. The molecule has 26 heavy (non-hydrogen) atoms. The van der Waals surface area contributed by atoms with Gasteiger partial charge >= 0.3 is 0 Å². The summed E-state index contributed by atoms with van der Waals surface area (Å²) in [7, 11) is -1.85. The maximum Gasteiger partial charge on any atom is 0.215 e. The molecule has 0 aliphatic heterocycles. The van der Waals surface area contributed by atoms with Crippen LogP contribution < -0.4 is 15.8 Å². The lowest BCUT2D eigenvalue weighted by molar-refractivity contribution is 0.587. The molecule has 0 unspecified atom stereocenters. The number of nitrogens with zero attached hydrogens (tertiary/aromatic N) is 1. The number of anilines is 1. The van der Waals surface area contributed by atoms with Crippen molar-refractivity contribution in [2.45, 2.75) is 25.6 Å². The van der Waals surface area contributed by atoms with Gasteiger partial charge in [-0.2, -0.15) is 0 Å². The molecule has 0 heterocycles. The fourth-order valence-corrected chi connectivity index (χ4v) is 3.04. The average molecular weight is 488 g/mol. The summed E-state index contributed by atoms with van der Waals surface area (Å²) in [5.74, 6) is 0.305. The highest BCUT2D eigenvalue weighted by Gasteiger charge is 2.08. The summed E-state index contributed by atoms with van der Waals surface area (Å²) in [4.78, 5) is 4.32. The molecule has 0 bridgehead atoms. The van der Waals surface area contributed by atoms with Crippen molar-refractivity contribution in [3.63, 3.8) is 0 Å². The molecule has 0 atom stereocenters. The molecule has 0 saturated carbocycles. The van der Waals surface area contributed by atoms with Crippen LogP contribution in [0.3, 0.4) is 0 Å². The quantitative estimate of drug-likeness (QED) is 0.317. The first-order chi connectivity index (χ1) is 11.9. The number of rotatable bonds is 7. The zero-order valence-corrected chi connectivity index (χ0v) is 18.0. The van der Waals surface area contributed by atoms with Crippen LogP contribution in [0.1, 0.15) is 23.6 Å². The number of sulfonamides is 1. The Kier molecular flexibility index (Phi) is 9.03. The van der Waals surface area contributed by atoms with Crippen LogP contribution in [0.4, 0.5) is 5.69 Å². The highest BCUT2D eigenvalue weighted by atomic mass is 127. The van der Waals surface area contributed by atoms with Crippen LogP contribution in [0, 0.1) is 0 Å². The summed E-state index contributed by atoms with van der Waals surface area (Å²) in [6.45, 7) is 2.52. The van der Waals surface area contributed by atoms with Gasteiger partial charge in [0.05, 0.1) is 12.3 Å². The van der Waals surface area contributed by atoms with Crippen molar-refractivity contribution in [3.8, 4) is 0 Å². The molecule has 2 aromatic rings. The summed E-state index contributed by atoms with van der Waals surface area (Å²) in [6, 6.07) is 15.3. The van der Waals surface area contributed by atoms with Crippen molar-refractivity contribution >= 4 is 45.6 Å². The maximum absolute atomic E-state index is 11.5. The predicted molar refractivity (Wildman–Crippen MR) is 118 cm³/mol. The smallest absolute Gasteiger partial charge is 0.215 e. The summed E-state index contributed by atoms with van der Waals surface area (Å²) >= 11 is 0. The minimum atomic E-state index is -3.26. The third-order valence-electron chi connectivity index (χ3n) is 3.73. The van der Waals surface area contributed by atoms with Gasteiger partial charge in [0.2, 0.25) is 10.0 Å². The van der Waals surface area contributed by atoms with E-state index >= 15 is 0 Å². The minimum Gasteiger partial charge on any atom is -0.370 e. The molecule has 0 amide bonds. The number of nitrogens with two attached hydrogens (primary N) is 1. The number of halogens is 1. The zero-order chi connectivity index (χ0) is 18.3. The molecule has 2 aromatic carbocycles. The van der Waals surface area contributed by atoms with Crippen LogP contribution in [0.25, 0.3) is 0 Å². The van der Waals surface area contributed by atoms with Gasteiger partial charge in [-0.05, 0) is 42.3 Å². The Morgan fingerprint density at radius 3 is 2.35 bits per heavy atom. The molecule has 0 aromatic heterocycles. The molecule has 2 rings (SSSR count). The number of benzene rings is 2. The van der Waals surface area contributed by atoms with Gasteiger partial charge in [-0.25, -0.2) is 18.1 Å². The van der Waals surface area contributed by atoms with Crippen molar-refractivity contribution in [2.75, 3.05) is 12.4 Å². The Balaban J connectivity index is 0.00000338. The second-order valence-corrected chi connectivity index (χ2v) is 7.59. The Morgan fingerprint density at radius 2 is 1.73 bits per heavy atom. The van der Waals surface area contributed by atoms with Crippen LogP contribution in [0.5, 0.6) is 0 Å². The molecule has 6 nitrogen and oxygen atoms in total. The van der Waals surface area contributed by atoms with Gasteiger partial charge in [0.1, 0.15) is 0 Å². The van der Waals surface area contributed by atoms with Gasteiger partial charge in [0.25, 0.3) is 0 Å². The van der Waals surface area contributed by atoms with E-state index in [2.05, 4.69) is 28.0 Å². The molecule has 0 aliphatic carbocycles. The lowest BCUT2D eigenvalue weighted by atomic mass is 10.1. The van der Waals surface area contributed by atoms with Gasteiger partial charge in [0.15, 0.2) is 5.96 Å². The van der Waals surface area contributed by atoms with E-state index in [0.717, 1.165) is 23.2 Å². The van der Waals surface area contributed by atoms with Gasteiger partial charge < -0.3 is 11.1 Å². The van der Waals surface area contributed by atoms with E-state index in [-0.39, 0.29) is 29.7 Å². The van der Waals surface area contributed by atoms with Crippen molar-refractivity contribution in [3.05, 3.63) is 65.2 Å². The van der Waals surface area contributed by atoms with E-state index in [4.69, 9.17) is 5.73 Å². The topological polar surface area (TPSA) is 96.6 Å². The van der Waals surface area contributed by atoms with Gasteiger partial charge in [-0.1, -0.05) is 43.3 Å². The summed E-state index contributed by atoms with van der Waals surface area (Å²) in [5.41, 5.74) is 9.75. The Morgan fingerprint density at radius 1 is 1.08 bits per heavy atom. The third kappa shape index (κ3) is 7.30. The van der Waals surface area contributed by atoms with Crippen molar-refractivity contribution in [1.29, 1.82) is 0 Å². The van der Waals surface area contributed by atoms with Crippen LogP contribution in [-0.4, -0.2) is 21.4 Å². The summed E-state index contributed by atoms with van der Waals surface area (Å²) in [6.07, 6.45) is 0.961. The average Bonchev–Trinajstić information content (AvgIpc) is 2.61. The molecule has 142 valence electrons. The zero-order valence-electron chi connectivity index (χ0n) is 14.9. The molecule has 0 spiro atoms. The molecule has 4 N–H and O–H groups in total. The second-order valence-electron chi connectivity index (χ2n) is 5.66. The molecular weight excluding hydrogens is 463 g/mol. The van der Waals surface area contributed by atoms with E-state index in [1.165, 1.54) is 12.6 Å². The number of aryl methyl sites for hydroxylation is 1. The van der Waals surface area contributed by atoms with Crippen LogP contribution in [0.15, 0.2) is 53.5 Å². The molecule has 0 radical (unpaired) electrons. The fourth-order valence-electron chi connectivity index (χ4n) is 2.27. The Bertz CT molecular complexity index is 837. The highest BCUT2D eigenvalue weighted by molar-refractivity contribution is 14.0. The van der Waals surface area contributed by atoms with Crippen LogP contribution in [0.2, 0.25) is 0 Å². The molecular formula is C18H25IN4O2S. The summed E-state index contributed by atoms with van der Waals surface area (Å²) in [5, 5.41) is 3.08. The van der Waals surface area contributed by atoms with E-state index < -0.39 is 10.0 Å². The second kappa shape index (κ2) is 10.5. The lowest BCUT2D eigenvalue weighted by Crippen LogP contribution is -2.22. The van der Waals surface area contributed by atoms with Crippen molar-refractivity contribution in [1.82, 2.24) is 4.72 Å². The number of aliphatic imine (C=N–C) groups is 1. The molecule has 0 saturated heterocycles. The van der Waals surface area contributed by atoms with Crippen LogP contribution in [-0.2, 0) is 28.7 Å². The normalized spacial score (nSPS) is 11.7. The number of hydrogen-bond donors (Lipinski definition) is 3. The minimum absolute atomic E-state index is 0. The lowest BCUT2D eigenvalue weighted by Gasteiger charge is -2.07. The van der Waals surface area contributed by atoms with E-state index in [0.29, 0.717) is 12.5 Å². The largest absolute Gasteiger partial charge is 0.370 e. The van der Waals surface area contributed by atoms with E-state index in [9.17, 15) is 8.42 Å². The maximum atomic E-state index is 11.5. The molecule has 0 fully saturated rings. The molecule has 0 aliphatic rings. The number of hydrogen-bond acceptors (Lipinski definition) is 3. The standard InChI is InChI=1S/C18H24N4O2S.HI/c1-3-14-5-4-6-17(11-14)22-18(19)21-12-15-7-9-16(10-8-15)13-25(23,24)20-2;/h4-11,20H,3,12-13H2,1-2H3,(H3,19,21,22);1H.